The van der Waals surface area contributed by atoms with Crippen LogP contribution in [-0.4, -0.2) is 30.4 Å². The topological polar surface area (TPSA) is 46.3 Å². The van der Waals surface area contributed by atoms with Crippen molar-refractivity contribution in [1.82, 2.24) is 4.90 Å². The average molecular weight is 325 g/mol. The summed E-state index contributed by atoms with van der Waals surface area (Å²) in [6.45, 7) is 4.48. The van der Waals surface area contributed by atoms with Crippen LogP contribution < -0.4 is 5.73 Å². The van der Waals surface area contributed by atoms with Crippen molar-refractivity contribution in [2.45, 2.75) is 26.2 Å². The van der Waals surface area contributed by atoms with Gasteiger partial charge in [0.1, 0.15) is 0 Å². The summed E-state index contributed by atoms with van der Waals surface area (Å²) in [6, 6.07) is 6.27. The van der Waals surface area contributed by atoms with E-state index in [0.717, 1.165) is 30.4 Å². The van der Waals surface area contributed by atoms with E-state index in [1.807, 2.05) is 4.90 Å². The molecule has 1 atom stereocenters. The second-order valence-electron chi connectivity index (χ2n) is 5.31. The summed E-state index contributed by atoms with van der Waals surface area (Å²) < 4.78 is 1.12. The fourth-order valence-corrected chi connectivity index (χ4v) is 2.77. The molecule has 104 valence electrons. The van der Waals surface area contributed by atoms with Crippen LogP contribution in [0.25, 0.3) is 0 Å². The second-order valence-corrected chi connectivity index (χ2v) is 6.17. The van der Waals surface area contributed by atoms with Crippen LogP contribution in [0.3, 0.4) is 0 Å². The van der Waals surface area contributed by atoms with Crippen molar-refractivity contribution >= 4 is 21.8 Å². The minimum absolute atomic E-state index is 0.261. The number of carbonyl (C=O) groups is 1. The van der Waals surface area contributed by atoms with Gasteiger partial charge >= 0.3 is 0 Å². The van der Waals surface area contributed by atoms with Crippen molar-refractivity contribution in [3.05, 3.63) is 33.8 Å². The number of aryl methyl sites for hydroxylation is 2. The van der Waals surface area contributed by atoms with Gasteiger partial charge in [0, 0.05) is 24.0 Å². The SMILES string of the molecule is Cc1cc(CCC(=O)N2CC[C@H](CN)C2)ccc1Br. The van der Waals surface area contributed by atoms with Crippen molar-refractivity contribution in [3.8, 4) is 0 Å². The number of nitrogens with two attached hydrogens (primary N) is 1. The molecule has 0 saturated carbocycles. The van der Waals surface area contributed by atoms with E-state index in [4.69, 9.17) is 5.73 Å². The summed E-state index contributed by atoms with van der Waals surface area (Å²) in [5.41, 5.74) is 8.09. The fraction of sp³-hybridized carbons (Fsp3) is 0.533. The van der Waals surface area contributed by atoms with Crippen LogP contribution in [-0.2, 0) is 11.2 Å². The number of nitrogens with zero attached hydrogens (tertiary/aromatic N) is 1. The van der Waals surface area contributed by atoms with Crippen LogP contribution in [0.2, 0.25) is 0 Å². The summed E-state index contributed by atoms with van der Waals surface area (Å²) in [5, 5.41) is 0. The molecule has 0 unspecified atom stereocenters. The van der Waals surface area contributed by atoms with Crippen molar-refractivity contribution in [3.63, 3.8) is 0 Å². The molecule has 1 saturated heterocycles. The minimum Gasteiger partial charge on any atom is -0.342 e. The minimum atomic E-state index is 0.261. The molecule has 2 N–H and O–H groups in total. The van der Waals surface area contributed by atoms with Gasteiger partial charge in [0.15, 0.2) is 0 Å². The van der Waals surface area contributed by atoms with Gasteiger partial charge in [0.05, 0.1) is 0 Å². The van der Waals surface area contributed by atoms with Gasteiger partial charge in [-0.1, -0.05) is 28.1 Å². The number of hydrogen-bond donors (Lipinski definition) is 1. The van der Waals surface area contributed by atoms with E-state index in [-0.39, 0.29) is 5.91 Å². The lowest BCUT2D eigenvalue weighted by molar-refractivity contribution is -0.130. The number of likely N-dealkylation sites (tertiary alicyclic amines) is 1. The molecule has 1 aliphatic heterocycles. The Labute approximate surface area is 123 Å². The first-order valence-corrected chi connectivity index (χ1v) is 7.62. The zero-order valence-corrected chi connectivity index (χ0v) is 12.9. The number of carbonyl (C=O) groups excluding carboxylic acids is 1. The molecule has 0 aliphatic carbocycles. The molecule has 1 heterocycles. The molecule has 1 fully saturated rings. The Morgan fingerprint density at radius 2 is 2.32 bits per heavy atom. The quantitative estimate of drug-likeness (QED) is 0.924. The van der Waals surface area contributed by atoms with Crippen LogP contribution in [0.4, 0.5) is 0 Å². The molecule has 19 heavy (non-hydrogen) atoms. The molecular formula is C15H21BrN2O. The number of halogens is 1. The first-order valence-electron chi connectivity index (χ1n) is 6.83. The highest BCUT2D eigenvalue weighted by Crippen LogP contribution is 2.19. The number of rotatable bonds is 4. The van der Waals surface area contributed by atoms with Gasteiger partial charge in [-0.15, -0.1) is 0 Å². The third-order valence-corrected chi connectivity index (χ3v) is 4.71. The number of amides is 1. The average Bonchev–Trinajstić information content (AvgIpc) is 2.88. The van der Waals surface area contributed by atoms with Gasteiger partial charge in [0.25, 0.3) is 0 Å². The highest BCUT2D eigenvalue weighted by Gasteiger charge is 2.24. The van der Waals surface area contributed by atoms with E-state index in [1.165, 1.54) is 11.1 Å². The molecule has 0 aromatic heterocycles. The predicted octanol–water partition coefficient (Wildman–Crippen LogP) is 2.50. The lowest BCUT2D eigenvalue weighted by Gasteiger charge is -2.16. The summed E-state index contributed by atoms with van der Waals surface area (Å²) in [4.78, 5) is 14.1. The van der Waals surface area contributed by atoms with Crippen LogP contribution in [0, 0.1) is 12.8 Å². The summed E-state index contributed by atoms with van der Waals surface area (Å²) in [5.74, 6) is 0.760. The third-order valence-electron chi connectivity index (χ3n) is 3.82. The van der Waals surface area contributed by atoms with Crippen LogP contribution in [0.5, 0.6) is 0 Å². The number of hydrogen-bond acceptors (Lipinski definition) is 2. The van der Waals surface area contributed by atoms with Gasteiger partial charge in [0.2, 0.25) is 5.91 Å². The van der Waals surface area contributed by atoms with Crippen LogP contribution >= 0.6 is 15.9 Å². The molecule has 1 aliphatic rings. The summed E-state index contributed by atoms with van der Waals surface area (Å²) >= 11 is 3.49. The molecule has 1 aromatic carbocycles. The zero-order valence-electron chi connectivity index (χ0n) is 11.4. The molecule has 4 heteroatoms. The van der Waals surface area contributed by atoms with Crippen LogP contribution in [0.15, 0.2) is 22.7 Å². The standard InChI is InChI=1S/C15H21BrN2O/c1-11-8-12(2-4-14(11)16)3-5-15(19)18-7-6-13(9-17)10-18/h2,4,8,13H,3,5-7,9-10,17H2,1H3/t13-/m1/s1. The maximum absolute atomic E-state index is 12.1. The smallest absolute Gasteiger partial charge is 0.222 e. The van der Waals surface area contributed by atoms with Gasteiger partial charge < -0.3 is 10.6 Å². The lowest BCUT2D eigenvalue weighted by Crippen LogP contribution is -2.30. The van der Waals surface area contributed by atoms with Crippen LogP contribution in [0.1, 0.15) is 24.0 Å². The molecule has 2 rings (SSSR count). The highest BCUT2D eigenvalue weighted by atomic mass is 79.9. The van der Waals surface area contributed by atoms with E-state index >= 15 is 0 Å². The Morgan fingerprint density at radius 3 is 2.95 bits per heavy atom. The third kappa shape index (κ3) is 3.80. The van der Waals surface area contributed by atoms with Gasteiger partial charge in [-0.05, 0) is 49.4 Å². The normalized spacial score (nSPS) is 18.9. The van der Waals surface area contributed by atoms with Crippen molar-refractivity contribution in [2.24, 2.45) is 11.7 Å². The fourth-order valence-electron chi connectivity index (χ4n) is 2.52. The van der Waals surface area contributed by atoms with E-state index in [0.29, 0.717) is 18.9 Å². The molecular weight excluding hydrogens is 304 g/mol. The lowest BCUT2D eigenvalue weighted by atomic mass is 10.1. The maximum atomic E-state index is 12.1. The Balaban J connectivity index is 1.85. The Hall–Kier alpha value is -0.870. The van der Waals surface area contributed by atoms with Crippen molar-refractivity contribution in [1.29, 1.82) is 0 Å². The molecule has 0 bridgehead atoms. The van der Waals surface area contributed by atoms with E-state index < -0.39 is 0 Å². The summed E-state index contributed by atoms with van der Waals surface area (Å²) in [6.07, 6.45) is 2.47. The van der Waals surface area contributed by atoms with E-state index in [1.54, 1.807) is 0 Å². The zero-order chi connectivity index (χ0) is 13.8. The van der Waals surface area contributed by atoms with E-state index in [2.05, 4.69) is 41.1 Å². The Morgan fingerprint density at radius 1 is 1.53 bits per heavy atom. The summed E-state index contributed by atoms with van der Waals surface area (Å²) in [7, 11) is 0. The maximum Gasteiger partial charge on any atom is 0.222 e. The first-order chi connectivity index (χ1) is 9.10. The second kappa shape index (κ2) is 6.53. The monoisotopic (exact) mass is 324 g/mol. The molecule has 1 aromatic rings. The van der Waals surface area contributed by atoms with E-state index in [9.17, 15) is 4.79 Å². The largest absolute Gasteiger partial charge is 0.342 e. The molecule has 1 amide bonds. The van der Waals surface area contributed by atoms with Gasteiger partial charge in [-0.25, -0.2) is 0 Å². The highest BCUT2D eigenvalue weighted by molar-refractivity contribution is 9.10. The predicted molar refractivity (Wildman–Crippen MR) is 80.9 cm³/mol. The Kier molecular flexibility index (Phi) is 4.99. The first kappa shape index (κ1) is 14.5. The molecule has 3 nitrogen and oxygen atoms in total. The number of benzene rings is 1. The Bertz CT molecular complexity index is 461. The van der Waals surface area contributed by atoms with Crippen molar-refractivity contribution < 1.29 is 4.79 Å². The van der Waals surface area contributed by atoms with Gasteiger partial charge in [-0.3, -0.25) is 4.79 Å². The molecule has 0 spiro atoms. The van der Waals surface area contributed by atoms with Crippen molar-refractivity contribution in [2.75, 3.05) is 19.6 Å². The molecule has 0 radical (unpaired) electrons. The van der Waals surface area contributed by atoms with Gasteiger partial charge in [-0.2, -0.15) is 0 Å².